The molecule has 2 aromatic carbocycles. The zero-order chi connectivity index (χ0) is 18.9. The molecule has 0 unspecified atom stereocenters. The Bertz CT molecular complexity index is 961. The summed E-state index contributed by atoms with van der Waals surface area (Å²) in [4.78, 5) is 0. The fourth-order valence-electron chi connectivity index (χ4n) is 4.46. The predicted molar refractivity (Wildman–Crippen MR) is 92.1 cm³/mol. The third kappa shape index (κ3) is 2.03. The summed E-state index contributed by atoms with van der Waals surface area (Å²) in [5.74, 6) is 0.0490. The van der Waals surface area contributed by atoms with Crippen LogP contribution in [-0.4, -0.2) is 42.6 Å². The van der Waals surface area contributed by atoms with Crippen molar-refractivity contribution < 1.29 is 38.6 Å². The van der Waals surface area contributed by atoms with Gasteiger partial charge in [0.2, 0.25) is 19.4 Å². The van der Waals surface area contributed by atoms with Crippen LogP contribution in [0, 0.1) is 5.92 Å². The molecule has 0 amide bonds. The van der Waals surface area contributed by atoms with Gasteiger partial charge in [0, 0.05) is 11.5 Å². The van der Waals surface area contributed by atoms with Gasteiger partial charge in [0.15, 0.2) is 28.6 Å². The Morgan fingerprint density at radius 1 is 0.821 bits per heavy atom. The highest BCUT2D eigenvalue weighted by Crippen LogP contribution is 2.56. The molecule has 8 heteroatoms. The largest absolute Gasteiger partial charge is 0.454 e. The molecule has 0 saturated carbocycles. The summed E-state index contributed by atoms with van der Waals surface area (Å²) in [7, 11) is 0. The number of aliphatic hydroxyl groups is 2. The third-order valence-electron chi connectivity index (χ3n) is 6.01. The van der Waals surface area contributed by atoms with E-state index in [0.717, 1.165) is 5.56 Å². The fourth-order valence-corrected chi connectivity index (χ4v) is 4.46. The highest BCUT2D eigenvalue weighted by atomic mass is 16.7. The second-order valence-corrected chi connectivity index (χ2v) is 7.40. The first-order valence-electron chi connectivity index (χ1n) is 9.08. The smallest absolute Gasteiger partial charge is 0.231 e. The number of hydrogen-bond donors (Lipinski definition) is 2. The van der Waals surface area contributed by atoms with Gasteiger partial charge in [-0.2, -0.15) is 0 Å². The van der Waals surface area contributed by atoms with Crippen LogP contribution in [0.15, 0.2) is 36.4 Å². The van der Waals surface area contributed by atoms with Crippen LogP contribution in [0.5, 0.6) is 23.0 Å². The van der Waals surface area contributed by atoms with E-state index in [9.17, 15) is 10.2 Å². The lowest BCUT2D eigenvalue weighted by Gasteiger charge is -2.35. The first kappa shape index (κ1) is 16.4. The molecule has 4 heterocycles. The maximum Gasteiger partial charge on any atom is 0.231 e. The number of benzene rings is 2. The van der Waals surface area contributed by atoms with E-state index in [1.54, 1.807) is 18.2 Å². The van der Waals surface area contributed by atoms with Crippen molar-refractivity contribution in [3.05, 3.63) is 47.5 Å². The molecule has 8 nitrogen and oxygen atoms in total. The lowest BCUT2D eigenvalue weighted by molar-refractivity contribution is -0.268. The van der Waals surface area contributed by atoms with Crippen molar-refractivity contribution in [3.8, 4) is 23.0 Å². The van der Waals surface area contributed by atoms with Crippen molar-refractivity contribution in [2.75, 3.05) is 26.8 Å². The number of fused-ring (bicyclic) bond motifs is 3. The van der Waals surface area contributed by atoms with Crippen molar-refractivity contribution in [1.82, 2.24) is 0 Å². The molecule has 0 bridgehead atoms. The number of ether oxygens (including phenoxy) is 6. The van der Waals surface area contributed by atoms with Gasteiger partial charge in [-0.15, -0.1) is 0 Å². The summed E-state index contributed by atoms with van der Waals surface area (Å²) < 4.78 is 33.2. The van der Waals surface area contributed by atoms with Crippen molar-refractivity contribution in [1.29, 1.82) is 0 Å². The van der Waals surface area contributed by atoms with E-state index in [4.69, 9.17) is 28.4 Å². The Morgan fingerprint density at radius 2 is 1.50 bits per heavy atom. The Hall–Kier alpha value is -2.52. The van der Waals surface area contributed by atoms with Crippen LogP contribution in [-0.2, 0) is 15.3 Å². The first-order chi connectivity index (χ1) is 13.6. The predicted octanol–water partition coefficient (Wildman–Crippen LogP) is 1.44. The molecule has 0 radical (unpaired) electrons. The summed E-state index contributed by atoms with van der Waals surface area (Å²) in [6.07, 6.45) is -0.442. The second kappa shape index (κ2) is 5.51. The van der Waals surface area contributed by atoms with Crippen LogP contribution in [0.2, 0.25) is 0 Å². The van der Waals surface area contributed by atoms with Gasteiger partial charge in [-0.1, -0.05) is 6.07 Å². The van der Waals surface area contributed by atoms with Gasteiger partial charge in [-0.05, 0) is 35.9 Å². The molecule has 4 aliphatic heterocycles. The van der Waals surface area contributed by atoms with E-state index in [1.165, 1.54) is 0 Å². The summed E-state index contributed by atoms with van der Waals surface area (Å²) in [6.45, 7) is 0.382. The summed E-state index contributed by atoms with van der Waals surface area (Å²) in [5, 5.41) is 22.8. The van der Waals surface area contributed by atoms with Crippen LogP contribution in [0.1, 0.15) is 17.2 Å². The van der Waals surface area contributed by atoms with Crippen molar-refractivity contribution >= 4 is 0 Å². The number of hydrogen-bond acceptors (Lipinski definition) is 8. The van der Waals surface area contributed by atoms with E-state index in [-0.39, 0.29) is 26.8 Å². The van der Waals surface area contributed by atoms with Crippen molar-refractivity contribution in [2.45, 2.75) is 17.5 Å². The number of rotatable bonds is 2. The molecule has 2 fully saturated rings. The molecule has 2 aromatic rings. The quantitative estimate of drug-likeness (QED) is 0.801. The van der Waals surface area contributed by atoms with Crippen molar-refractivity contribution in [2.24, 2.45) is 5.92 Å². The van der Waals surface area contributed by atoms with E-state index in [2.05, 4.69) is 0 Å². The van der Waals surface area contributed by atoms with Crippen LogP contribution in [0.3, 0.4) is 0 Å². The monoisotopic (exact) mass is 386 g/mol. The molecule has 4 atom stereocenters. The molecule has 146 valence electrons. The van der Waals surface area contributed by atoms with Crippen molar-refractivity contribution in [3.63, 3.8) is 0 Å². The maximum atomic E-state index is 11.4. The van der Waals surface area contributed by atoms with E-state index < -0.39 is 23.4 Å². The minimum atomic E-state index is -1.91. The van der Waals surface area contributed by atoms with Gasteiger partial charge in [-0.3, -0.25) is 0 Å². The highest BCUT2D eigenvalue weighted by Gasteiger charge is 2.67. The van der Waals surface area contributed by atoms with E-state index in [0.29, 0.717) is 28.6 Å². The van der Waals surface area contributed by atoms with E-state index >= 15 is 0 Å². The van der Waals surface area contributed by atoms with Gasteiger partial charge in [0.05, 0.1) is 19.3 Å². The third-order valence-corrected chi connectivity index (χ3v) is 6.01. The van der Waals surface area contributed by atoms with Gasteiger partial charge in [0.1, 0.15) is 0 Å². The summed E-state index contributed by atoms with van der Waals surface area (Å²) in [6, 6.07) is 10.5. The Labute approximate surface area is 160 Å². The standard InChI is InChI=1S/C20H18O8/c21-19-8-23-18(11-1-3-14-16(5-11)26-9-24-14)13(19)7-28-20(19,22)12-2-4-15-17(6-12)27-10-25-15/h1-6,13,18,21-22H,7-10H2/t13-,18-,19+,20-/m1/s1. The normalized spacial score (nSPS) is 34.6. The van der Waals surface area contributed by atoms with Crippen LogP contribution in [0.25, 0.3) is 0 Å². The van der Waals surface area contributed by atoms with Gasteiger partial charge in [0.25, 0.3) is 0 Å². The molecule has 6 rings (SSSR count). The molecule has 0 spiro atoms. The molecule has 4 aliphatic rings. The molecular weight excluding hydrogens is 368 g/mol. The molecule has 2 N–H and O–H groups in total. The lowest BCUT2D eigenvalue weighted by atomic mass is 9.78. The zero-order valence-corrected chi connectivity index (χ0v) is 14.8. The fraction of sp³-hybridized carbons (Fsp3) is 0.400. The summed E-state index contributed by atoms with van der Waals surface area (Å²) >= 11 is 0. The summed E-state index contributed by atoms with van der Waals surface area (Å²) in [5.41, 5.74) is -0.373. The highest BCUT2D eigenvalue weighted by molar-refractivity contribution is 5.48. The zero-order valence-electron chi connectivity index (χ0n) is 14.8. The molecule has 28 heavy (non-hydrogen) atoms. The van der Waals surface area contributed by atoms with Gasteiger partial charge < -0.3 is 38.6 Å². The molecular formula is C20H18O8. The molecule has 0 aromatic heterocycles. The van der Waals surface area contributed by atoms with Crippen LogP contribution >= 0.6 is 0 Å². The average molecular weight is 386 g/mol. The van der Waals surface area contributed by atoms with E-state index in [1.807, 2.05) is 18.2 Å². The van der Waals surface area contributed by atoms with Crippen LogP contribution < -0.4 is 18.9 Å². The van der Waals surface area contributed by atoms with Gasteiger partial charge >= 0.3 is 0 Å². The second-order valence-electron chi connectivity index (χ2n) is 7.40. The SMILES string of the molecule is O[C@]1(c2ccc3c(c2)OCO3)OC[C@@H]2[C@@H](c3ccc4c(c3)OCO4)OC[C@]21O. The Balaban J connectivity index is 1.35. The minimum absolute atomic E-state index is 0.0677. The lowest BCUT2D eigenvalue weighted by Crippen LogP contribution is -2.52. The average Bonchev–Trinajstić information content (AvgIpc) is 3.46. The topological polar surface area (TPSA) is 95.8 Å². The minimum Gasteiger partial charge on any atom is -0.454 e. The first-order valence-corrected chi connectivity index (χ1v) is 9.08. The molecule has 2 saturated heterocycles. The van der Waals surface area contributed by atoms with Crippen LogP contribution in [0.4, 0.5) is 0 Å². The van der Waals surface area contributed by atoms with Gasteiger partial charge in [-0.25, -0.2) is 0 Å². The Morgan fingerprint density at radius 3 is 2.29 bits per heavy atom. The Kier molecular flexibility index (Phi) is 3.24. The molecule has 0 aliphatic carbocycles. The maximum absolute atomic E-state index is 11.4.